The summed E-state index contributed by atoms with van der Waals surface area (Å²) in [5.41, 5.74) is 0. The van der Waals surface area contributed by atoms with Gasteiger partial charge in [-0.25, -0.2) is 0 Å². The SMILES string of the molecule is CCC.CCC(C)C(C)NC.CNC(=O)CNC=O. The molecule has 5 nitrogen and oxygen atoms in total. The van der Waals surface area contributed by atoms with E-state index < -0.39 is 0 Å². The highest BCUT2D eigenvalue weighted by molar-refractivity contribution is 5.79. The van der Waals surface area contributed by atoms with Crippen molar-refractivity contribution >= 4 is 12.3 Å². The lowest BCUT2D eigenvalue weighted by atomic mass is 10.0. The zero-order valence-electron chi connectivity index (χ0n) is 13.7. The lowest BCUT2D eigenvalue weighted by Gasteiger charge is -2.16. The van der Waals surface area contributed by atoms with Gasteiger partial charge in [-0.3, -0.25) is 9.59 Å². The van der Waals surface area contributed by atoms with Crippen LogP contribution in [0.25, 0.3) is 0 Å². The number of rotatable bonds is 6. The van der Waals surface area contributed by atoms with Crippen LogP contribution >= 0.6 is 0 Å². The highest BCUT2D eigenvalue weighted by atomic mass is 16.2. The van der Waals surface area contributed by atoms with Crippen LogP contribution in [-0.4, -0.2) is 39.0 Å². The van der Waals surface area contributed by atoms with Gasteiger partial charge in [-0.2, -0.15) is 0 Å². The van der Waals surface area contributed by atoms with Crippen LogP contribution in [0.3, 0.4) is 0 Å². The van der Waals surface area contributed by atoms with Crippen LogP contribution in [0.5, 0.6) is 0 Å². The fourth-order valence-corrected chi connectivity index (χ4v) is 0.861. The van der Waals surface area contributed by atoms with E-state index in [0.29, 0.717) is 12.5 Å². The fourth-order valence-electron chi connectivity index (χ4n) is 0.861. The molecule has 0 rings (SSSR count). The van der Waals surface area contributed by atoms with Gasteiger partial charge in [0, 0.05) is 13.1 Å². The Morgan fingerprint density at radius 3 is 1.84 bits per heavy atom. The maximum absolute atomic E-state index is 10.2. The van der Waals surface area contributed by atoms with Crippen molar-refractivity contribution in [2.24, 2.45) is 5.92 Å². The molecule has 0 aliphatic carbocycles. The molecule has 0 heterocycles. The van der Waals surface area contributed by atoms with Crippen molar-refractivity contribution in [3.8, 4) is 0 Å². The zero-order chi connectivity index (χ0) is 15.7. The van der Waals surface area contributed by atoms with Crippen LogP contribution in [0.1, 0.15) is 47.5 Å². The summed E-state index contributed by atoms with van der Waals surface area (Å²) in [7, 11) is 3.52. The third-order valence-corrected chi connectivity index (χ3v) is 2.58. The highest BCUT2D eigenvalue weighted by Gasteiger charge is 2.05. The van der Waals surface area contributed by atoms with Crippen LogP contribution in [0.15, 0.2) is 0 Å². The van der Waals surface area contributed by atoms with Crippen LogP contribution in [-0.2, 0) is 9.59 Å². The zero-order valence-corrected chi connectivity index (χ0v) is 13.7. The van der Waals surface area contributed by atoms with Crippen molar-refractivity contribution in [3.05, 3.63) is 0 Å². The average molecular weight is 275 g/mol. The molecule has 0 fully saturated rings. The first-order valence-electron chi connectivity index (χ1n) is 6.99. The summed E-state index contributed by atoms with van der Waals surface area (Å²) in [6.07, 6.45) is 3.00. The minimum absolute atomic E-state index is 0.0556. The molecule has 5 heteroatoms. The van der Waals surface area contributed by atoms with Gasteiger partial charge in [0.05, 0.1) is 6.54 Å². The van der Waals surface area contributed by atoms with Crippen molar-refractivity contribution in [2.45, 2.75) is 53.5 Å². The van der Waals surface area contributed by atoms with Gasteiger partial charge < -0.3 is 16.0 Å². The Morgan fingerprint density at radius 2 is 1.63 bits per heavy atom. The minimum atomic E-state index is -0.197. The Hall–Kier alpha value is -1.10. The summed E-state index contributed by atoms with van der Waals surface area (Å²) in [4.78, 5) is 19.8. The predicted molar refractivity (Wildman–Crippen MR) is 82.1 cm³/mol. The summed E-state index contributed by atoms with van der Waals surface area (Å²) in [6.45, 7) is 11.0. The molecule has 19 heavy (non-hydrogen) atoms. The Morgan fingerprint density at radius 1 is 1.16 bits per heavy atom. The molecule has 0 aromatic heterocycles. The highest BCUT2D eigenvalue weighted by Crippen LogP contribution is 2.04. The number of hydrogen-bond acceptors (Lipinski definition) is 3. The molecule has 3 N–H and O–H groups in total. The van der Waals surface area contributed by atoms with Gasteiger partial charge in [-0.1, -0.05) is 40.5 Å². The van der Waals surface area contributed by atoms with Crippen LogP contribution < -0.4 is 16.0 Å². The Labute approximate surface area is 118 Å². The van der Waals surface area contributed by atoms with Gasteiger partial charge >= 0.3 is 0 Å². The Balaban J connectivity index is -0.000000224. The molecule has 0 saturated carbocycles. The standard InChI is InChI=1S/C7H17N.C4H8N2O2.C3H8/c1-5-6(2)7(3)8-4;1-5-4(8)2-6-3-7;1-3-2/h6-8H,5H2,1-4H3;3H,2H2,1H3,(H,5,8)(H,6,7);3H2,1-2H3. The summed E-state index contributed by atoms with van der Waals surface area (Å²) < 4.78 is 0. The molecule has 0 aromatic carbocycles. The van der Waals surface area contributed by atoms with Crippen molar-refractivity contribution in [2.75, 3.05) is 20.6 Å². The molecule has 0 spiro atoms. The van der Waals surface area contributed by atoms with Crippen molar-refractivity contribution in [1.82, 2.24) is 16.0 Å². The van der Waals surface area contributed by atoms with Crippen molar-refractivity contribution in [1.29, 1.82) is 0 Å². The first kappa shape index (κ1) is 23.0. The minimum Gasteiger partial charge on any atom is -0.358 e. The molecule has 116 valence electrons. The molecule has 0 aromatic rings. The molecule has 2 unspecified atom stereocenters. The second-order valence-corrected chi connectivity index (χ2v) is 4.34. The first-order valence-corrected chi connectivity index (χ1v) is 6.99. The lowest BCUT2D eigenvalue weighted by Crippen LogP contribution is -2.30. The Bertz CT molecular complexity index is 191. The van der Waals surface area contributed by atoms with E-state index in [1.54, 1.807) is 0 Å². The summed E-state index contributed by atoms with van der Waals surface area (Å²) >= 11 is 0. The van der Waals surface area contributed by atoms with E-state index >= 15 is 0 Å². The summed E-state index contributed by atoms with van der Waals surface area (Å²) in [6, 6.07) is 0.667. The van der Waals surface area contributed by atoms with E-state index in [9.17, 15) is 9.59 Å². The Kier molecular flexibility index (Phi) is 23.3. The van der Waals surface area contributed by atoms with Gasteiger partial charge in [0.25, 0.3) is 0 Å². The second-order valence-electron chi connectivity index (χ2n) is 4.34. The smallest absolute Gasteiger partial charge is 0.239 e. The third kappa shape index (κ3) is 22.5. The second kappa shape index (κ2) is 19.2. The topological polar surface area (TPSA) is 70.2 Å². The van der Waals surface area contributed by atoms with Gasteiger partial charge in [0.15, 0.2) is 0 Å². The van der Waals surface area contributed by atoms with E-state index in [2.05, 4.69) is 50.6 Å². The van der Waals surface area contributed by atoms with Gasteiger partial charge in [0.2, 0.25) is 12.3 Å². The largest absolute Gasteiger partial charge is 0.358 e. The molecule has 0 aliphatic heterocycles. The van der Waals surface area contributed by atoms with Crippen LogP contribution in [0.4, 0.5) is 0 Å². The number of amides is 2. The number of hydrogen-bond donors (Lipinski definition) is 3. The lowest BCUT2D eigenvalue weighted by molar-refractivity contribution is -0.121. The fraction of sp³-hybridized carbons (Fsp3) is 0.857. The first-order chi connectivity index (χ1) is 8.94. The van der Waals surface area contributed by atoms with Crippen molar-refractivity contribution in [3.63, 3.8) is 0 Å². The maximum atomic E-state index is 10.2. The number of nitrogens with one attached hydrogen (secondary N) is 3. The normalized spacial score (nSPS) is 11.7. The number of carbonyl (C=O) groups is 2. The molecular formula is C14H33N3O2. The van der Waals surface area contributed by atoms with Crippen LogP contribution in [0, 0.1) is 5.92 Å². The van der Waals surface area contributed by atoms with Crippen molar-refractivity contribution < 1.29 is 9.59 Å². The monoisotopic (exact) mass is 275 g/mol. The number of carbonyl (C=O) groups excluding carboxylic acids is 2. The van der Waals surface area contributed by atoms with E-state index in [-0.39, 0.29) is 12.5 Å². The van der Waals surface area contributed by atoms with E-state index in [0.717, 1.165) is 5.92 Å². The summed E-state index contributed by atoms with van der Waals surface area (Å²) in [5.74, 6) is 0.608. The molecule has 0 bridgehead atoms. The quantitative estimate of drug-likeness (QED) is 0.644. The molecule has 2 atom stereocenters. The van der Waals surface area contributed by atoms with Gasteiger partial charge in [-0.05, 0) is 19.9 Å². The summed E-state index contributed by atoms with van der Waals surface area (Å²) in [5, 5.41) is 7.76. The van der Waals surface area contributed by atoms with Crippen LogP contribution in [0.2, 0.25) is 0 Å². The maximum Gasteiger partial charge on any atom is 0.239 e. The molecule has 2 amide bonds. The average Bonchev–Trinajstić information content (AvgIpc) is 2.44. The van der Waals surface area contributed by atoms with E-state index in [4.69, 9.17) is 0 Å². The predicted octanol–water partition coefficient (Wildman–Crippen LogP) is 1.54. The van der Waals surface area contributed by atoms with E-state index in [1.165, 1.54) is 19.9 Å². The molecule has 0 saturated heterocycles. The van der Waals surface area contributed by atoms with Gasteiger partial charge in [0.1, 0.15) is 0 Å². The van der Waals surface area contributed by atoms with E-state index in [1.807, 2.05) is 7.05 Å². The molecular weight excluding hydrogens is 242 g/mol. The molecule has 0 aliphatic rings. The van der Waals surface area contributed by atoms with Gasteiger partial charge in [-0.15, -0.1) is 0 Å². The molecule has 0 radical (unpaired) electrons. The third-order valence-electron chi connectivity index (χ3n) is 2.58. The number of likely N-dealkylation sites (N-methyl/N-ethyl adjacent to an activating group) is 1.